The summed E-state index contributed by atoms with van der Waals surface area (Å²) in [5, 5.41) is 0.564. The summed E-state index contributed by atoms with van der Waals surface area (Å²) < 4.78 is 43.6. The molecule has 0 bridgehead atoms. The van der Waals surface area contributed by atoms with E-state index in [1.165, 1.54) is 12.1 Å². The first kappa shape index (κ1) is 20.5. The lowest BCUT2D eigenvalue weighted by Gasteiger charge is -2.34. The minimum atomic E-state index is -4.40. The second-order valence-corrected chi connectivity index (χ2v) is 6.90. The summed E-state index contributed by atoms with van der Waals surface area (Å²) in [4.78, 5) is 16.3. The van der Waals surface area contributed by atoms with Crippen molar-refractivity contribution in [3.63, 3.8) is 0 Å². The number of amides is 1. The molecule has 0 spiro atoms. The fourth-order valence-electron chi connectivity index (χ4n) is 3.01. The topological polar surface area (TPSA) is 32.8 Å². The van der Waals surface area contributed by atoms with E-state index < -0.39 is 11.7 Å². The molecule has 28 heavy (non-hydrogen) atoms. The second kappa shape index (κ2) is 8.84. The quantitative estimate of drug-likeness (QED) is 0.738. The second-order valence-electron chi connectivity index (χ2n) is 6.49. The molecule has 1 fully saturated rings. The van der Waals surface area contributed by atoms with Gasteiger partial charge in [-0.1, -0.05) is 23.7 Å². The van der Waals surface area contributed by atoms with Crippen molar-refractivity contribution in [2.45, 2.75) is 6.18 Å². The molecule has 0 atom stereocenters. The highest BCUT2D eigenvalue weighted by Crippen LogP contribution is 2.29. The maximum absolute atomic E-state index is 12.6. The number of carbonyl (C=O) groups excluding carboxylic acids is 1. The molecule has 3 rings (SSSR count). The van der Waals surface area contributed by atoms with Crippen molar-refractivity contribution in [3.8, 4) is 5.75 Å². The molecule has 1 aliphatic rings. The first-order chi connectivity index (χ1) is 13.3. The van der Waals surface area contributed by atoms with E-state index in [0.717, 1.165) is 12.1 Å². The van der Waals surface area contributed by atoms with Crippen molar-refractivity contribution >= 4 is 17.5 Å². The highest BCUT2D eigenvalue weighted by Gasteiger charge is 2.30. The van der Waals surface area contributed by atoms with Gasteiger partial charge in [0.1, 0.15) is 12.4 Å². The van der Waals surface area contributed by atoms with Crippen LogP contribution in [0.5, 0.6) is 5.75 Å². The Morgan fingerprint density at radius 3 is 2.25 bits per heavy atom. The van der Waals surface area contributed by atoms with Crippen LogP contribution in [-0.2, 0) is 6.18 Å². The number of halogens is 4. The molecule has 1 saturated heterocycles. The standard InChI is InChI=1S/C20H20ClF3N2O2/c21-17-3-1-2-4-18(17)28-14-13-25-9-11-26(12-10-25)19(27)15-5-7-16(8-6-15)20(22,23)24/h1-8H,9-14H2. The number of piperazine rings is 1. The summed E-state index contributed by atoms with van der Waals surface area (Å²) in [6.07, 6.45) is -4.40. The van der Waals surface area contributed by atoms with Gasteiger partial charge >= 0.3 is 6.18 Å². The summed E-state index contributed by atoms with van der Waals surface area (Å²) >= 11 is 6.05. The van der Waals surface area contributed by atoms with Gasteiger partial charge in [-0.3, -0.25) is 9.69 Å². The Labute approximate surface area is 166 Å². The molecule has 1 aliphatic heterocycles. The average Bonchev–Trinajstić information content (AvgIpc) is 2.69. The van der Waals surface area contributed by atoms with Crippen LogP contribution in [0.15, 0.2) is 48.5 Å². The minimum absolute atomic E-state index is 0.249. The van der Waals surface area contributed by atoms with E-state index >= 15 is 0 Å². The van der Waals surface area contributed by atoms with Crippen LogP contribution in [0.2, 0.25) is 5.02 Å². The van der Waals surface area contributed by atoms with E-state index in [-0.39, 0.29) is 11.5 Å². The lowest BCUT2D eigenvalue weighted by molar-refractivity contribution is -0.137. The molecule has 2 aromatic rings. The van der Waals surface area contributed by atoms with Crippen molar-refractivity contribution in [1.82, 2.24) is 9.80 Å². The third-order valence-electron chi connectivity index (χ3n) is 4.62. The lowest BCUT2D eigenvalue weighted by Crippen LogP contribution is -2.49. The highest BCUT2D eigenvalue weighted by molar-refractivity contribution is 6.32. The molecule has 0 N–H and O–H groups in total. The minimum Gasteiger partial charge on any atom is -0.491 e. The normalized spacial score (nSPS) is 15.5. The highest BCUT2D eigenvalue weighted by atomic mass is 35.5. The van der Waals surface area contributed by atoms with Gasteiger partial charge in [0.2, 0.25) is 0 Å². The van der Waals surface area contributed by atoms with E-state index in [9.17, 15) is 18.0 Å². The summed E-state index contributed by atoms with van der Waals surface area (Å²) in [5.74, 6) is 0.390. The van der Waals surface area contributed by atoms with Crippen LogP contribution in [-0.4, -0.2) is 55.0 Å². The van der Waals surface area contributed by atoms with Crippen LogP contribution >= 0.6 is 11.6 Å². The number of benzene rings is 2. The van der Waals surface area contributed by atoms with Crippen molar-refractivity contribution in [1.29, 1.82) is 0 Å². The van der Waals surface area contributed by atoms with Gasteiger partial charge < -0.3 is 9.64 Å². The van der Waals surface area contributed by atoms with Gasteiger partial charge in [-0.25, -0.2) is 0 Å². The van der Waals surface area contributed by atoms with Crippen LogP contribution in [0.25, 0.3) is 0 Å². The van der Waals surface area contributed by atoms with Crippen LogP contribution < -0.4 is 4.74 Å². The molecule has 0 aromatic heterocycles. The van der Waals surface area contributed by atoms with Gasteiger partial charge in [-0.2, -0.15) is 13.2 Å². The Morgan fingerprint density at radius 1 is 1.00 bits per heavy atom. The average molecular weight is 413 g/mol. The number of ether oxygens (including phenoxy) is 1. The van der Waals surface area contributed by atoms with E-state index in [0.29, 0.717) is 50.1 Å². The maximum Gasteiger partial charge on any atom is 0.416 e. The lowest BCUT2D eigenvalue weighted by atomic mass is 10.1. The molecule has 0 radical (unpaired) electrons. The van der Waals surface area contributed by atoms with E-state index in [1.807, 2.05) is 18.2 Å². The third kappa shape index (κ3) is 5.17. The zero-order chi connectivity index (χ0) is 20.1. The Morgan fingerprint density at radius 2 is 1.64 bits per heavy atom. The fourth-order valence-corrected chi connectivity index (χ4v) is 3.20. The molecule has 4 nitrogen and oxygen atoms in total. The number of alkyl halides is 3. The number of nitrogens with zero attached hydrogens (tertiary/aromatic N) is 2. The monoisotopic (exact) mass is 412 g/mol. The SMILES string of the molecule is O=C(c1ccc(C(F)(F)F)cc1)N1CCN(CCOc2ccccc2Cl)CC1. The number of carbonyl (C=O) groups is 1. The van der Waals surface area contributed by atoms with Gasteiger partial charge in [-0.15, -0.1) is 0 Å². The summed E-state index contributed by atoms with van der Waals surface area (Å²) in [5.41, 5.74) is -0.490. The predicted octanol–water partition coefficient (Wildman–Crippen LogP) is 4.20. The molecule has 8 heteroatoms. The van der Waals surface area contributed by atoms with Gasteiger partial charge in [0.15, 0.2) is 0 Å². The Kier molecular flexibility index (Phi) is 6.46. The molecule has 1 amide bonds. The van der Waals surface area contributed by atoms with Crippen LogP contribution in [0.4, 0.5) is 13.2 Å². The molecular formula is C20H20ClF3N2O2. The molecule has 2 aromatic carbocycles. The molecule has 0 unspecified atom stereocenters. The Balaban J connectivity index is 1.45. The molecular weight excluding hydrogens is 393 g/mol. The number of hydrogen-bond donors (Lipinski definition) is 0. The summed E-state index contributed by atoms with van der Waals surface area (Å²) in [6.45, 7) is 3.58. The number of para-hydroxylation sites is 1. The first-order valence-electron chi connectivity index (χ1n) is 8.91. The smallest absolute Gasteiger partial charge is 0.416 e. The van der Waals surface area contributed by atoms with Gasteiger partial charge in [-0.05, 0) is 36.4 Å². The van der Waals surface area contributed by atoms with Crippen molar-refractivity contribution in [2.24, 2.45) is 0 Å². The van der Waals surface area contributed by atoms with Crippen LogP contribution in [0.1, 0.15) is 15.9 Å². The van der Waals surface area contributed by atoms with E-state index in [4.69, 9.17) is 16.3 Å². The van der Waals surface area contributed by atoms with Crippen LogP contribution in [0.3, 0.4) is 0 Å². The van der Waals surface area contributed by atoms with Crippen molar-refractivity contribution in [2.75, 3.05) is 39.3 Å². The van der Waals surface area contributed by atoms with Gasteiger partial charge in [0.25, 0.3) is 5.91 Å². The molecule has 0 aliphatic carbocycles. The maximum atomic E-state index is 12.6. The largest absolute Gasteiger partial charge is 0.491 e. The van der Waals surface area contributed by atoms with Gasteiger partial charge in [0, 0.05) is 38.3 Å². The van der Waals surface area contributed by atoms with Crippen molar-refractivity contribution < 1.29 is 22.7 Å². The molecule has 150 valence electrons. The fraction of sp³-hybridized carbons (Fsp3) is 0.350. The Hall–Kier alpha value is -2.25. The molecule has 0 saturated carbocycles. The van der Waals surface area contributed by atoms with Crippen molar-refractivity contribution in [3.05, 3.63) is 64.7 Å². The summed E-state index contributed by atoms with van der Waals surface area (Å²) in [6, 6.07) is 11.6. The van der Waals surface area contributed by atoms with Gasteiger partial charge in [0.05, 0.1) is 10.6 Å². The zero-order valence-corrected chi connectivity index (χ0v) is 15.8. The van der Waals surface area contributed by atoms with E-state index in [2.05, 4.69) is 4.90 Å². The first-order valence-corrected chi connectivity index (χ1v) is 9.28. The van der Waals surface area contributed by atoms with Crippen LogP contribution in [0, 0.1) is 0 Å². The molecule has 1 heterocycles. The van der Waals surface area contributed by atoms with E-state index in [1.54, 1.807) is 11.0 Å². The Bertz CT molecular complexity index is 804. The predicted molar refractivity (Wildman–Crippen MR) is 101 cm³/mol. The number of hydrogen-bond acceptors (Lipinski definition) is 3. The third-order valence-corrected chi connectivity index (χ3v) is 4.93. The number of rotatable bonds is 5. The zero-order valence-electron chi connectivity index (χ0n) is 15.1. The summed E-state index contributed by atoms with van der Waals surface area (Å²) in [7, 11) is 0.